The summed E-state index contributed by atoms with van der Waals surface area (Å²) in [6.07, 6.45) is 4.74. The van der Waals surface area contributed by atoms with Crippen molar-refractivity contribution in [1.29, 1.82) is 0 Å². The summed E-state index contributed by atoms with van der Waals surface area (Å²) in [4.78, 5) is 17.0. The Bertz CT molecular complexity index is 689. The average molecular weight is 440 g/mol. The maximum Gasteiger partial charge on any atom is 0.344 e. The third-order valence-corrected chi connectivity index (χ3v) is 5.54. The van der Waals surface area contributed by atoms with Gasteiger partial charge in [0.2, 0.25) is 0 Å². The Morgan fingerprint density at radius 1 is 1.44 bits per heavy atom. The third kappa shape index (κ3) is 5.23. The lowest BCUT2D eigenvalue weighted by Gasteiger charge is -2.28. The van der Waals surface area contributed by atoms with Crippen LogP contribution in [0.2, 0.25) is 0 Å². The molecule has 1 heterocycles. The molecule has 1 aromatic carbocycles. The van der Waals surface area contributed by atoms with Crippen LogP contribution < -0.4 is 4.74 Å². The van der Waals surface area contributed by atoms with Gasteiger partial charge in [0.05, 0.1) is 0 Å². The number of unbranched alkanes of at least 4 members (excludes halogenated alkanes) is 1. The number of nitrogens with zero attached hydrogens (tertiary/aromatic N) is 1. The fourth-order valence-corrected chi connectivity index (χ4v) is 3.58. The molecule has 0 radical (unpaired) electrons. The number of hydrogen-bond acceptors (Lipinski definition) is 5. The molecule has 2 atom stereocenters. The number of oxime groups is 1. The standard InChI is InChI=1S/C20H26BrNO5/c1-2-3-9-25-18-12-26-22-19(18)15-11-14(21)7-8-16(15)27-17(20(23)24)10-13-5-4-6-13/h7-8,11,13,17-18H,2-6,9-10,12H2,1H3,(H,23,24)/t17-,18?/m0/s1. The van der Waals surface area contributed by atoms with Crippen molar-refractivity contribution in [1.82, 2.24) is 0 Å². The lowest BCUT2D eigenvalue weighted by Crippen LogP contribution is -2.32. The van der Waals surface area contributed by atoms with Crippen LogP contribution in [-0.2, 0) is 14.4 Å². The number of halogens is 1. The molecule has 1 unspecified atom stereocenters. The summed E-state index contributed by atoms with van der Waals surface area (Å²) in [5, 5.41) is 13.7. The Morgan fingerprint density at radius 2 is 2.26 bits per heavy atom. The van der Waals surface area contributed by atoms with Crippen molar-refractivity contribution in [3.05, 3.63) is 28.2 Å². The van der Waals surface area contributed by atoms with E-state index in [0.717, 1.165) is 30.2 Å². The van der Waals surface area contributed by atoms with E-state index in [1.165, 1.54) is 6.42 Å². The minimum absolute atomic E-state index is 0.275. The fourth-order valence-electron chi connectivity index (χ4n) is 3.22. The van der Waals surface area contributed by atoms with Gasteiger partial charge in [-0.15, -0.1) is 0 Å². The minimum Gasteiger partial charge on any atom is -0.479 e. The molecule has 1 saturated carbocycles. The van der Waals surface area contributed by atoms with E-state index in [1.807, 2.05) is 12.1 Å². The zero-order valence-electron chi connectivity index (χ0n) is 15.5. The van der Waals surface area contributed by atoms with Crippen LogP contribution in [0.15, 0.2) is 27.8 Å². The highest BCUT2D eigenvalue weighted by Gasteiger charge is 2.32. The zero-order chi connectivity index (χ0) is 19.2. The summed E-state index contributed by atoms with van der Waals surface area (Å²) in [6.45, 7) is 3.10. The molecule has 2 aliphatic rings. The van der Waals surface area contributed by atoms with Gasteiger partial charge in [-0.2, -0.15) is 0 Å². The molecule has 3 rings (SSSR count). The number of aliphatic carboxylic acids is 1. The molecule has 0 spiro atoms. The Hall–Kier alpha value is -1.60. The number of carboxylic acid groups (broad SMARTS) is 1. The van der Waals surface area contributed by atoms with E-state index in [9.17, 15) is 9.90 Å². The number of hydrogen-bond donors (Lipinski definition) is 1. The smallest absolute Gasteiger partial charge is 0.344 e. The highest BCUT2D eigenvalue weighted by Crippen LogP contribution is 2.33. The number of ether oxygens (including phenoxy) is 2. The minimum atomic E-state index is -0.934. The maximum atomic E-state index is 11.7. The normalized spacial score (nSPS) is 20.5. The van der Waals surface area contributed by atoms with Crippen LogP contribution in [0.3, 0.4) is 0 Å². The molecule has 1 aromatic rings. The van der Waals surface area contributed by atoms with Crippen LogP contribution in [0.25, 0.3) is 0 Å². The van der Waals surface area contributed by atoms with Gasteiger partial charge in [-0.25, -0.2) is 4.79 Å². The van der Waals surface area contributed by atoms with Gasteiger partial charge in [0.1, 0.15) is 24.2 Å². The molecular weight excluding hydrogens is 414 g/mol. The van der Waals surface area contributed by atoms with Gasteiger partial charge in [0.25, 0.3) is 0 Å². The van der Waals surface area contributed by atoms with Gasteiger partial charge in [-0.3, -0.25) is 0 Å². The van der Waals surface area contributed by atoms with E-state index in [-0.39, 0.29) is 6.10 Å². The van der Waals surface area contributed by atoms with Crippen LogP contribution in [-0.4, -0.2) is 42.2 Å². The van der Waals surface area contributed by atoms with E-state index in [0.29, 0.717) is 42.6 Å². The predicted octanol–water partition coefficient (Wildman–Crippen LogP) is 4.39. The summed E-state index contributed by atoms with van der Waals surface area (Å²) >= 11 is 3.47. The Balaban J connectivity index is 1.78. The molecule has 148 valence electrons. The van der Waals surface area contributed by atoms with Gasteiger partial charge in [0.15, 0.2) is 6.10 Å². The topological polar surface area (TPSA) is 77.3 Å². The summed E-state index contributed by atoms with van der Waals surface area (Å²) in [5.41, 5.74) is 1.36. The quantitative estimate of drug-likeness (QED) is 0.546. The number of benzene rings is 1. The van der Waals surface area contributed by atoms with E-state index < -0.39 is 12.1 Å². The van der Waals surface area contributed by atoms with E-state index in [1.54, 1.807) is 6.07 Å². The summed E-state index contributed by atoms with van der Waals surface area (Å²) in [6, 6.07) is 5.49. The number of carboxylic acids is 1. The van der Waals surface area contributed by atoms with Crippen molar-refractivity contribution in [3.8, 4) is 5.75 Å². The van der Waals surface area contributed by atoms with E-state index >= 15 is 0 Å². The second kappa shape index (κ2) is 9.55. The second-order valence-corrected chi connectivity index (χ2v) is 8.02. The molecule has 1 fully saturated rings. The van der Waals surface area contributed by atoms with Crippen LogP contribution >= 0.6 is 15.9 Å². The van der Waals surface area contributed by atoms with Crippen molar-refractivity contribution in [2.45, 2.75) is 57.7 Å². The summed E-state index contributed by atoms with van der Waals surface area (Å²) in [5.74, 6) is -0.00308. The largest absolute Gasteiger partial charge is 0.479 e. The molecule has 0 aromatic heterocycles. The first-order valence-electron chi connectivity index (χ1n) is 9.59. The van der Waals surface area contributed by atoms with Gasteiger partial charge < -0.3 is 19.4 Å². The van der Waals surface area contributed by atoms with Crippen LogP contribution in [0.4, 0.5) is 0 Å². The lowest BCUT2D eigenvalue weighted by molar-refractivity contribution is -0.146. The molecule has 1 aliphatic heterocycles. The molecule has 0 saturated heterocycles. The predicted molar refractivity (Wildman–Crippen MR) is 105 cm³/mol. The molecule has 7 heteroatoms. The molecule has 27 heavy (non-hydrogen) atoms. The Labute approximate surface area is 168 Å². The van der Waals surface area contributed by atoms with Crippen molar-refractivity contribution in [3.63, 3.8) is 0 Å². The fraction of sp³-hybridized carbons (Fsp3) is 0.600. The van der Waals surface area contributed by atoms with Crippen molar-refractivity contribution in [2.75, 3.05) is 13.2 Å². The molecular formula is C20H26BrNO5. The zero-order valence-corrected chi connectivity index (χ0v) is 17.1. The first-order chi connectivity index (χ1) is 13.1. The molecule has 0 amide bonds. The molecule has 0 bridgehead atoms. The van der Waals surface area contributed by atoms with Crippen LogP contribution in [0, 0.1) is 5.92 Å². The van der Waals surface area contributed by atoms with Gasteiger partial charge in [0, 0.05) is 16.6 Å². The van der Waals surface area contributed by atoms with Crippen molar-refractivity contribution >= 4 is 27.6 Å². The van der Waals surface area contributed by atoms with Gasteiger partial charge in [-0.05, 0) is 37.0 Å². The first-order valence-corrected chi connectivity index (χ1v) is 10.4. The van der Waals surface area contributed by atoms with Crippen molar-refractivity contribution in [2.24, 2.45) is 11.1 Å². The van der Waals surface area contributed by atoms with E-state index in [2.05, 4.69) is 28.0 Å². The summed E-state index contributed by atoms with van der Waals surface area (Å²) < 4.78 is 12.7. The highest BCUT2D eigenvalue weighted by atomic mass is 79.9. The van der Waals surface area contributed by atoms with Gasteiger partial charge >= 0.3 is 5.97 Å². The SMILES string of the molecule is CCCCOC1CON=C1c1cc(Br)ccc1O[C@@H](CC1CCC1)C(=O)O. The third-order valence-electron chi connectivity index (χ3n) is 5.05. The monoisotopic (exact) mass is 439 g/mol. The molecule has 6 nitrogen and oxygen atoms in total. The first kappa shape index (κ1) is 20.1. The Morgan fingerprint density at radius 3 is 2.93 bits per heavy atom. The number of carbonyl (C=O) groups is 1. The van der Waals surface area contributed by atoms with Crippen LogP contribution in [0.1, 0.15) is 51.0 Å². The average Bonchev–Trinajstić information content (AvgIpc) is 3.06. The van der Waals surface area contributed by atoms with Gasteiger partial charge in [-0.1, -0.05) is 53.7 Å². The molecule has 1 N–H and O–H groups in total. The maximum absolute atomic E-state index is 11.7. The second-order valence-electron chi connectivity index (χ2n) is 7.10. The van der Waals surface area contributed by atoms with Crippen molar-refractivity contribution < 1.29 is 24.2 Å². The summed E-state index contributed by atoms with van der Waals surface area (Å²) in [7, 11) is 0. The van der Waals surface area contributed by atoms with Crippen LogP contribution in [0.5, 0.6) is 5.75 Å². The Kier molecular flexibility index (Phi) is 7.13. The number of rotatable bonds is 10. The molecule has 1 aliphatic carbocycles. The highest BCUT2D eigenvalue weighted by molar-refractivity contribution is 9.10. The van der Waals surface area contributed by atoms with E-state index in [4.69, 9.17) is 14.3 Å². The lowest BCUT2D eigenvalue weighted by atomic mass is 9.81.